The Bertz CT molecular complexity index is 950. The molecule has 1 N–H and O–H groups in total. The number of aromatic nitrogens is 2. The number of benzene rings is 1. The predicted octanol–water partition coefficient (Wildman–Crippen LogP) is 5.63. The van der Waals surface area contributed by atoms with E-state index in [1.807, 2.05) is 18.2 Å². The highest BCUT2D eigenvalue weighted by molar-refractivity contribution is 5.82. The average Bonchev–Trinajstić information content (AvgIpc) is 3.23. The molecular formula is C29H44N4O2. The van der Waals surface area contributed by atoms with Crippen LogP contribution in [0, 0.1) is 5.92 Å². The average molecular weight is 481 g/mol. The van der Waals surface area contributed by atoms with E-state index in [-0.39, 0.29) is 17.7 Å². The quantitative estimate of drug-likeness (QED) is 0.479. The monoisotopic (exact) mass is 480 g/mol. The zero-order valence-corrected chi connectivity index (χ0v) is 21.8. The maximum absolute atomic E-state index is 14.0. The molecule has 1 heterocycles. The van der Waals surface area contributed by atoms with Gasteiger partial charge in [-0.05, 0) is 50.7 Å². The topological polar surface area (TPSA) is 67.2 Å². The molecule has 6 heteroatoms. The molecule has 192 valence electrons. The van der Waals surface area contributed by atoms with Gasteiger partial charge in [0.1, 0.15) is 12.4 Å². The van der Waals surface area contributed by atoms with Crippen LogP contribution in [0.3, 0.4) is 0 Å². The summed E-state index contributed by atoms with van der Waals surface area (Å²) in [4.78, 5) is 33.6. The van der Waals surface area contributed by atoms with Gasteiger partial charge in [0.15, 0.2) is 0 Å². The van der Waals surface area contributed by atoms with Crippen molar-refractivity contribution in [3.8, 4) is 0 Å². The van der Waals surface area contributed by atoms with Gasteiger partial charge in [-0.3, -0.25) is 9.59 Å². The van der Waals surface area contributed by atoms with E-state index in [1.165, 1.54) is 38.5 Å². The fraction of sp³-hybridized carbons (Fsp3) is 0.690. The lowest BCUT2D eigenvalue weighted by molar-refractivity contribution is -0.138. The van der Waals surface area contributed by atoms with Crippen molar-refractivity contribution in [1.82, 2.24) is 19.8 Å². The summed E-state index contributed by atoms with van der Waals surface area (Å²) in [5.41, 5.74) is 1.93. The molecule has 4 rings (SSSR count). The van der Waals surface area contributed by atoms with E-state index in [4.69, 9.17) is 4.98 Å². The Morgan fingerprint density at radius 1 is 0.971 bits per heavy atom. The molecule has 2 aromatic rings. The van der Waals surface area contributed by atoms with E-state index in [9.17, 15) is 9.59 Å². The number of rotatable bonds is 10. The molecule has 0 unspecified atom stereocenters. The molecule has 2 aliphatic rings. The molecule has 6 nitrogen and oxygen atoms in total. The molecule has 1 aromatic heterocycles. The van der Waals surface area contributed by atoms with Gasteiger partial charge in [-0.25, -0.2) is 4.98 Å². The van der Waals surface area contributed by atoms with E-state index >= 15 is 0 Å². The summed E-state index contributed by atoms with van der Waals surface area (Å²) in [5, 5.41) is 3.10. The van der Waals surface area contributed by atoms with Gasteiger partial charge in [0, 0.05) is 31.0 Å². The number of para-hydroxylation sites is 2. The maximum Gasteiger partial charge on any atom is 0.243 e. The number of hydrogen-bond acceptors (Lipinski definition) is 3. The van der Waals surface area contributed by atoms with Crippen molar-refractivity contribution < 1.29 is 9.59 Å². The number of carbonyl (C=O) groups excluding carboxylic acids is 2. The van der Waals surface area contributed by atoms with Crippen molar-refractivity contribution in [1.29, 1.82) is 0 Å². The summed E-state index contributed by atoms with van der Waals surface area (Å²) in [6, 6.07) is 8.87. The number of fused-ring (bicyclic) bond motifs is 1. The molecule has 0 saturated heterocycles. The molecule has 35 heavy (non-hydrogen) atoms. The lowest BCUT2D eigenvalue weighted by atomic mass is 9.88. The largest absolute Gasteiger partial charge is 0.355 e. The van der Waals surface area contributed by atoms with Crippen molar-refractivity contribution in [3.05, 3.63) is 30.1 Å². The summed E-state index contributed by atoms with van der Waals surface area (Å²) < 4.78 is 2.11. The molecule has 0 aliphatic heterocycles. The van der Waals surface area contributed by atoms with Crippen LogP contribution in [0.1, 0.15) is 96.7 Å². The van der Waals surface area contributed by atoms with Crippen molar-refractivity contribution in [2.45, 2.75) is 116 Å². The van der Waals surface area contributed by atoms with Crippen molar-refractivity contribution in [2.75, 3.05) is 6.54 Å². The molecule has 2 fully saturated rings. The minimum absolute atomic E-state index is 0.0648. The minimum atomic E-state index is 0.0648. The third-order valence-corrected chi connectivity index (χ3v) is 8.26. The van der Waals surface area contributed by atoms with Crippen LogP contribution in [0.2, 0.25) is 0 Å². The molecule has 0 radical (unpaired) electrons. The summed E-state index contributed by atoms with van der Waals surface area (Å²) in [5.74, 6) is 1.32. The van der Waals surface area contributed by atoms with Gasteiger partial charge in [-0.1, -0.05) is 64.5 Å². The molecular weight excluding hydrogens is 436 g/mol. The van der Waals surface area contributed by atoms with Crippen LogP contribution in [0.15, 0.2) is 24.3 Å². The van der Waals surface area contributed by atoms with Gasteiger partial charge in [0.25, 0.3) is 0 Å². The smallest absolute Gasteiger partial charge is 0.243 e. The van der Waals surface area contributed by atoms with Gasteiger partial charge >= 0.3 is 0 Å². The van der Waals surface area contributed by atoms with Crippen LogP contribution >= 0.6 is 0 Å². The Hall–Kier alpha value is -2.37. The molecule has 2 aliphatic carbocycles. The Labute approximate surface area is 210 Å². The van der Waals surface area contributed by atoms with Gasteiger partial charge in [0.2, 0.25) is 11.8 Å². The van der Waals surface area contributed by atoms with Gasteiger partial charge in [0.05, 0.1) is 11.0 Å². The Balaban J connectivity index is 1.53. The number of amides is 2. The molecule has 0 spiro atoms. The first kappa shape index (κ1) is 25.7. The molecule has 2 amide bonds. The first-order chi connectivity index (χ1) is 17.1. The molecule has 0 atom stereocenters. The predicted molar refractivity (Wildman–Crippen MR) is 141 cm³/mol. The van der Waals surface area contributed by atoms with E-state index in [0.29, 0.717) is 31.6 Å². The molecule has 2 saturated carbocycles. The van der Waals surface area contributed by atoms with Crippen molar-refractivity contribution in [2.24, 2.45) is 5.92 Å². The fourth-order valence-electron chi connectivity index (χ4n) is 6.23. The van der Waals surface area contributed by atoms with Crippen molar-refractivity contribution >= 4 is 22.8 Å². The minimum Gasteiger partial charge on any atom is -0.355 e. The highest BCUT2D eigenvalue weighted by Crippen LogP contribution is 2.31. The number of nitrogens with zero attached hydrogens (tertiary/aromatic N) is 3. The standard InChI is InChI=1S/C29H44N4O2/c1-3-22(4-2)29(35)30-20-19-27-31-25-17-11-12-18-26(25)32(27)21-28(34)33(23-13-7-5-8-14-23)24-15-9-6-10-16-24/h11-12,17-18,22-24H,3-10,13-16,19-21H2,1-2H3,(H,30,35). The van der Waals surface area contributed by atoms with Crippen LogP contribution < -0.4 is 5.32 Å². The SMILES string of the molecule is CCC(CC)C(=O)NCCc1nc2ccccc2n1CC(=O)N(C1CCCCC1)C1CCCCC1. The summed E-state index contributed by atoms with van der Waals surface area (Å²) in [7, 11) is 0. The first-order valence-corrected chi connectivity index (χ1v) is 14.1. The fourth-order valence-corrected chi connectivity index (χ4v) is 6.23. The summed E-state index contributed by atoms with van der Waals surface area (Å²) in [6.07, 6.45) is 14.4. The molecule has 0 bridgehead atoms. The second-order valence-corrected chi connectivity index (χ2v) is 10.5. The summed E-state index contributed by atoms with van der Waals surface area (Å²) >= 11 is 0. The first-order valence-electron chi connectivity index (χ1n) is 14.1. The van der Waals surface area contributed by atoms with E-state index in [2.05, 4.69) is 34.7 Å². The zero-order chi connectivity index (χ0) is 24.6. The normalized spacial score (nSPS) is 17.7. The second-order valence-electron chi connectivity index (χ2n) is 10.5. The van der Waals surface area contributed by atoms with Gasteiger partial charge in [-0.15, -0.1) is 0 Å². The third-order valence-electron chi connectivity index (χ3n) is 8.26. The van der Waals surface area contributed by atoms with Crippen LogP contribution in [0.4, 0.5) is 0 Å². The number of hydrogen-bond donors (Lipinski definition) is 1. The summed E-state index contributed by atoms with van der Waals surface area (Å²) in [6.45, 7) is 5.00. The Kier molecular flexibility index (Phi) is 9.22. The highest BCUT2D eigenvalue weighted by atomic mass is 16.2. The lowest BCUT2D eigenvalue weighted by Crippen LogP contribution is -2.50. The highest BCUT2D eigenvalue weighted by Gasteiger charge is 2.33. The number of nitrogens with one attached hydrogen (secondary N) is 1. The van der Waals surface area contributed by atoms with E-state index < -0.39 is 0 Å². The zero-order valence-electron chi connectivity index (χ0n) is 21.8. The number of carbonyl (C=O) groups is 2. The Morgan fingerprint density at radius 3 is 2.17 bits per heavy atom. The maximum atomic E-state index is 14.0. The second kappa shape index (κ2) is 12.5. The lowest BCUT2D eigenvalue weighted by Gasteiger charge is -2.42. The van der Waals surface area contributed by atoms with Gasteiger partial charge in [-0.2, -0.15) is 0 Å². The van der Waals surface area contributed by atoms with Crippen LogP contribution in [-0.4, -0.2) is 44.9 Å². The van der Waals surface area contributed by atoms with Crippen LogP contribution in [0.5, 0.6) is 0 Å². The Morgan fingerprint density at radius 2 is 1.57 bits per heavy atom. The van der Waals surface area contributed by atoms with Crippen LogP contribution in [-0.2, 0) is 22.6 Å². The third kappa shape index (κ3) is 6.25. The van der Waals surface area contributed by atoms with Gasteiger partial charge < -0.3 is 14.8 Å². The van der Waals surface area contributed by atoms with E-state index in [0.717, 1.165) is 55.4 Å². The number of imidazole rings is 1. The van der Waals surface area contributed by atoms with Crippen LogP contribution in [0.25, 0.3) is 11.0 Å². The van der Waals surface area contributed by atoms with E-state index in [1.54, 1.807) is 0 Å². The molecule has 1 aromatic carbocycles. The van der Waals surface area contributed by atoms with Crippen molar-refractivity contribution in [3.63, 3.8) is 0 Å².